The van der Waals surface area contributed by atoms with Crippen molar-refractivity contribution in [3.05, 3.63) is 28.8 Å². The molecule has 0 radical (unpaired) electrons. The molecule has 1 aromatic rings. The van der Waals surface area contributed by atoms with Gasteiger partial charge in [-0.25, -0.2) is 0 Å². The van der Waals surface area contributed by atoms with E-state index in [4.69, 9.17) is 23.8 Å². The first kappa shape index (κ1) is 20.0. The second kappa shape index (κ2) is 7.17. The summed E-state index contributed by atoms with van der Waals surface area (Å²) in [6.45, 7) is 0. The smallest absolute Gasteiger partial charge is 0.331 e. The zero-order valence-electron chi connectivity index (χ0n) is 15.2. The maximum absolute atomic E-state index is 12.9. The molecule has 0 saturated heterocycles. The van der Waals surface area contributed by atoms with Gasteiger partial charge >= 0.3 is 6.18 Å². The maximum Gasteiger partial charge on any atom is 0.416 e. The van der Waals surface area contributed by atoms with Crippen LogP contribution in [-0.2, 0) is 11.0 Å². The first-order valence-corrected chi connectivity index (χ1v) is 10.4. The normalized spacial score (nSPS) is 30.9. The number of amides is 1. The van der Waals surface area contributed by atoms with Crippen molar-refractivity contribution in [3.63, 3.8) is 0 Å². The molecule has 152 valence electrons. The second-order valence-electron chi connectivity index (χ2n) is 8.79. The summed E-state index contributed by atoms with van der Waals surface area (Å²) in [4.78, 5) is 12.6. The molecule has 3 nitrogen and oxygen atoms in total. The number of benzene rings is 1. The fourth-order valence-electron chi connectivity index (χ4n) is 5.97. The zero-order valence-corrected chi connectivity index (χ0v) is 16.8. The Morgan fingerprint density at radius 3 is 2.25 bits per heavy atom. The number of carbonyl (C=O) groups is 1. The summed E-state index contributed by atoms with van der Waals surface area (Å²) in [5.41, 5.74) is -0.735. The van der Waals surface area contributed by atoms with Crippen molar-refractivity contribution in [3.8, 4) is 0 Å². The standard InChI is InChI=1S/C20H22ClF3N2OS/c21-15-2-1-14(20(22,23)24)6-16(15)25-18(28)26-17(27)10-19-7-11-3-12(8-19)5-13(4-11)9-19/h1-2,6,11-13H,3-5,7-10H2,(H2,25,26,27,28). The van der Waals surface area contributed by atoms with Crippen LogP contribution in [-0.4, -0.2) is 11.0 Å². The summed E-state index contributed by atoms with van der Waals surface area (Å²) in [5.74, 6) is 2.05. The number of rotatable bonds is 3. The molecular weight excluding hydrogens is 409 g/mol. The number of halogens is 4. The zero-order chi connectivity index (χ0) is 20.1. The minimum Gasteiger partial charge on any atom is -0.331 e. The first-order valence-electron chi connectivity index (χ1n) is 9.59. The largest absolute Gasteiger partial charge is 0.416 e. The topological polar surface area (TPSA) is 41.1 Å². The molecular formula is C20H22ClF3N2OS. The summed E-state index contributed by atoms with van der Waals surface area (Å²) < 4.78 is 38.7. The van der Waals surface area contributed by atoms with E-state index in [2.05, 4.69) is 10.6 Å². The van der Waals surface area contributed by atoms with Crippen molar-refractivity contribution in [1.82, 2.24) is 5.32 Å². The highest BCUT2D eigenvalue weighted by atomic mass is 35.5. The minimum absolute atomic E-state index is 0.0246. The van der Waals surface area contributed by atoms with Crippen LogP contribution in [0.2, 0.25) is 5.02 Å². The molecule has 0 spiro atoms. The Morgan fingerprint density at radius 1 is 1.14 bits per heavy atom. The molecule has 1 aromatic carbocycles. The molecule has 4 saturated carbocycles. The molecule has 4 aliphatic carbocycles. The summed E-state index contributed by atoms with van der Waals surface area (Å²) in [7, 11) is 0. The van der Waals surface area contributed by atoms with E-state index in [1.54, 1.807) is 0 Å². The van der Waals surface area contributed by atoms with E-state index >= 15 is 0 Å². The van der Waals surface area contributed by atoms with Crippen molar-refractivity contribution in [2.45, 2.75) is 51.1 Å². The molecule has 2 N–H and O–H groups in total. The molecule has 4 bridgehead atoms. The summed E-state index contributed by atoms with van der Waals surface area (Å²) in [6, 6.07) is 2.95. The van der Waals surface area contributed by atoms with Crippen LogP contribution in [0.5, 0.6) is 0 Å². The number of hydrogen-bond donors (Lipinski definition) is 2. The predicted octanol–water partition coefficient (Wildman–Crippen LogP) is 5.78. The molecule has 4 fully saturated rings. The Bertz CT molecular complexity index is 776. The monoisotopic (exact) mass is 430 g/mol. The van der Waals surface area contributed by atoms with E-state index in [0.717, 1.165) is 55.2 Å². The van der Waals surface area contributed by atoms with Crippen molar-refractivity contribution >= 4 is 40.5 Å². The van der Waals surface area contributed by atoms with E-state index in [1.807, 2.05) is 0 Å². The van der Waals surface area contributed by atoms with Gasteiger partial charge in [0.1, 0.15) is 0 Å². The highest BCUT2D eigenvalue weighted by Crippen LogP contribution is 2.61. The third kappa shape index (κ3) is 4.15. The van der Waals surface area contributed by atoms with Crippen molar-refractivity contribution in [1.29, 1.82) is 0 Å². The van der Waals surface area contributed by atoms with Crippen LogP contribution in [0.15, 0.2) is 18.2 Å². The minimum atomic E-state index is -4.48. The third-order valence-corrected chi connectivity index (χ3v) is 7.03. The number of alkyl halides is 3. The van der Waals surface area contributed by atoms with Gasteiger partial charge in [0.05, 0.1) is 16.3 Å². The van der Waals surface area contributed by atoms with E-state index < -0.39 is 11.7 Å². The Hall–Kier alpha value is -1.34. The summed E-state index contributed by atoms with van der Waals surface area (Å²) >= 11 is 11.1. The predicted molar refractivity (Wildman–Crippen MR) is 106 cm³/mol. The van der Waals surface area contributed by atoms with Gasteiger partial charge < -0.3 is 10.6 Å². The average molecular weight is 431 g/mol. The van der Waals surface area contributed by atoms with Gasteiger partial charge in [0.2, 0.25) is 5.91 Å². The van der Waals surface area contributed by atoms with Crippen LogP contribution in [0, 0.1) is 23.2 Å². The van der Waals surface area contributed by atoms with Crippen LogP contribution in [0.25, 0.3) is 0 Å². The summed E-state index contributed by atoms with van der Waals surface area (Å²) in [5, 5.41) is 5.33. The van der Waals surface area contributed by atoms with Gasteiger partial charge in [-0.05, 0) is 92.1 Å². The van der Waals surface area contributed by atoms with Gasteiger partial charge in [0.25, 0.3) is 0 Å². The lowest BCUT2D eigenvalue weighted by atomic mass is 9.49. The average Bonchev–Trinajstić information content (AvgIpc) is 2.53. The number of nitrogens with one attached hydrogen (secondary N) is 2. The van der Waals surface area contributed by atoms with Gasteiger partial charge in [0, 0.05) is 6.42 Å². The number of anilines is 1. The maximum atomic E-state index is 12.9. The number of hydrogen-bond acceptors (Lipinski definition) is 2. The SMILES string of the molecule is O=C(CC12CC3CC(CC(C3)C1)C2)NC(=S)Nc1cc(C(F)(F)F)ccc1Cl. The third-order valence-electron chi connectivity index (χ3n) is 6.50. The van der Waals surface area contributed by atoms with Crippen molar-refractivity contribution < 1.29 is 18.0 Å². The fraction of sp³-hybridized carbons (Fsp3) is 0.600. The lowest BCUT2D eigenvalue weighted by Gasteiger charge is -2.56. The molecule has 28 heavy (non-hydrogen) atoms. The van der Waals surface area contributed by atoms with Crippen molar-refractivity contribution in [2.24, 2.45) is 23.2 Å². The van der Waals surface area contributed by atoms with Crippen LogP contribution in [0.4, 0.5) is 18.9 Å². The Labute approximate surface area is 172 Å². The molecule has 0 heterocycles. The Morgan fingerprint density at radius 2 is 1.71 bits per heavy atom. The van der Waals surface area contributed by atoms with Crippen LogP contribution in [0.3, 0.4) is 0 Å². The van der Waals surface area contributed by atoms with Gasteiger partial charge in [-0.1, -0.05) is 11.6 Å². The van der Waals surface area contributed by atoms with E-state index in [-0.39, 0.29) is 27.1 Å². The number of thiocarbonyl (C=S) groups is 1. The molecule has 5 rings (SSSR count). The first-order chi connectivity index (χ1) is 13.1. The molecule has 1 amide bonds. The van der Waals surface area contributed by atoms with E-state index in [0.29, 0.717) is 6.42 Å². The Kier molecular flexibility index (Phi) is 5.11. The molecule has 0 unspecified atom stereocenters. The van der Waals surface area contributed by atoms with Gasteiger partial charge in [-0.3, -0.25) is 4.79 Å². The fourth-order valence-corrected chi connectivity index (χ4v) is 6.36. The second-order valence-corrected chi connectivity index (χ2v) is 9.60. The van der Waals surface area contributed by atoms with Gasteiger partial charge in [-0.2, -0.15) is 13.2 Å². The van der Waals surface area contributed by atoms with E-state index in [9.17, 15) is 18.0 Å². The van der Waals surface area contributed by atoms with Crippen LogP contribution in [0.1, 0.15) is 50.5 Å². The van der Waals surface area contributed by atoms with Crippen LogP contribution >= 0.6 is 23.8 Å². The quantitative estimate of drug-likeness (QED) is 0.597. The molecule has 0 aromatic heterocycles. The molecule has 0 atom stereocenters. The van der Waals surface area contributed by atoms with Crippen LogP contribution < -0.4 is 10.6 Å². The Balaban J connectivity index is 1.37. The lowest BCUT2D eigenvalue weighted by molar-refractivity contribution is -0.137. The molecule has 0 aliphatic heterocycles. The van der Waals surface area contributed by atoms with Gasteiger partial charge in [0.15, 0.2) is 5.11 Å². The highest BCUT2D eigenvalue weighted by molar-refractivity contribution is 7.80. The van der Waals surface area contributed by atoms with E-state index in [1.165, 1.54) is 19.3 Å². The number of carbonyl (C=O) groups excluding carboxylic acids is 1. The highest BCUT2D eigenvalue weighted by Gasteiger charge is 2.51. The van der Waals surface area contributed by atoms with Crippen molar-refractivity contribution in [2.75, 3.05) is 5.32 Å². The summed E-state index contributed by atoms with van der Waals surface area (Å²) in [6.07, 6.45) is 3.15. The molecule has 8 heteroatoms. The molecule has 4 aliphatic rings. The van der Waals surface area contributed by atoms with Gasteiger partial charge in [-0.15, -0.1) is 0 Å². The lowest BCUT2D eigenvalue weighted by Crippen LogP contribution is -2.48.